The molecular weight excluding hydrogens is 303 g/mol. The number of hydrogen-bond acceptors (Lipinski definition) is 2. The molecule has 128 valence electrons. The Bertz CT molecular complexity index is 731. The highest BCUT2D eigenvalue weighted by Crippen LogP contribution is 2.40. The number of phenolic OH excluding ortho intramolecular Hbond substituents is 1. The van der Waals surface area contributed by atoms with E-state index in [1.807, 2.05) is 53.7 Å². The van der Waals surface area contributed by atoms with Crippen LogP contribution in [0.25, 0.3) is 6.08 Å². The lowest BCUT2D eigenvalue weighted by Crippen LogP contribution is -2.17. The van der Waals surface area contributed by atoms with E-state index in [0.29, 0.717) is 5.57 Å². The van der Waals surface area contributed by atoms with E-state index in [2.05, 4.69) is 0 Å². The van der Waals surface area contributed by atoms with Gasteiger partial charge in [-0.15, -0.1) is 0 Å². The highest BCUT2D eigenvalue weighted by atomic mass is 19.1. The molecule has 0 amide bonds. The zero-order valence-electron chi connectivity index (χ0n) is 15.2. The summed E-state index contributed by atoms with van der Waals surface area (Å²) >= 11 is 0. The first-order chi connectivity index (χ1) is 10.9. The molecular formula is C21H25FO2. The van der Waals surface area contributed by atoms with Gasteiger partial charge in [0.2, 0.25) is 0 Å². The summed E-state index contributed by atoms with van der Waals surface area (Å²) in [5.74, 6) is -0.375. The molecule has 0 spiro atoms. The molecule has 2 rings (SSSR count). The van der Waals surface area contributed by atoms with Crippen LogP contribution in [0.15, 0.2) is 41.8 Å². The number of ketones is 1. The molecule has 0 unspecified atom stereocenters. The fraction of sp³-hybridized carbons (Fsp3) is 0.381. The summed E-state index contributed by atoms with van der Waals surface area (Å²) in [4.78, 5) is 12.0. The average Bonchev–Trinajstić information content (AvgIpc) is 2.42. The SMILES string of the molecule is CC(C)(C)c1cc(C=C2C=C(F)C=CC2=O)cc(C(C)(C)C)c1O. The molecule has 0 heterocycles. The molecule has 3 heteroatoms. The van der Waals surface area contributed by atoms with Crippen LogP contribution in [0.4, 0.5) is 4.39 Å². The van der Waals surface area contributed by atoms with Gasteiger partial charge >= 0.3 is 0 Å². The van der Waals surface area contributed by atoms with Crippen molar-refractivity contribution < 1.29 is 14.3 Å². The second-order valence-electron chi connectivity index (χ2n) is 8.29. The summed E-state index contributed by atoms with van der Waals surface area (Å²) < 4.78 is 13.5. The molecule has 0 radical (unpaired) electrons. The van der Waals surface area contributed by atoms with Crippen LogP contribution in [0, 0.1) is 0 Å². The summed E-state index contributed by atoms with van der Waals surface area (Å²) in [6.45, 7) is 12.2. The first-order valence-electron chi connectivity index (χ1n) is 8.09. The van der Waals surface area contributed by atoms with Crippen molar-refractivity contribution in [2.75, 3.05) is 0 Å². The Labute approximate surface area is 143 Å². The van der Waals surface area contributed by atoms with Crippen LogP contribution in [-0.4, -0.2) is 10.9 Å². The fourth-order valence-electron chi connectivity index (χ4n) is 2.70. The van der Waals surface area contributed by atoms with Crippen molar-refractivity contribution in [1.29, 1.82) is 0 Å². The van der Waals surface area contributed by atoms with E-state index < -0.39 is 5.83 Å². The number of phenols is 1. The summed E-state index contributed by atoms with van der Waals surface area (Å²) in [6, 6.07) is 3.74. The largest absolute Gasteiger partial charge is 0.507 e. The number of allylic oxidation sites excluding steroid dienone is 5. The van der Waals surface area contributed by atoms with Crippen molar-refractivity contribution >= 4 is 11.9 Å². The van der Waals surface area contributed by atoms with Gasteiger partial charge in [-0.1, -0.05) is 41.5 Å². The predicted molar refractivity (Wildman–Crippen MR) is 96.8 cm³/mol. The number of aromatic hydroxyl groups is 1. The van der Waals surface area contributed by atoms with Crippen molar-refractivity contribution in [3.8, 4) is 5.75 Å². The van der Waals surface area contributed by atoms with Crippen LogP contribution < -0.4 is 0 Å². The van der Waals surface area contributed by atoms with Crippen molar-refractivity contribution in [1.82, 2.24) is 0 Å². The van der Waals surface area contributed by atoms with Gasteiger partial charge in [-0.2, -0.15) is 0 Å². The molecule has 2 nitrogen and oxygen atoms in total. The van der Waals surface area contributed by atoms with Crippen LogP contribution in [0.3, 0.4) is 0 Å². The lowest BCUT2D eigenvalue weighted by molar-refractivity contribution is -0.111. The molecule has 1 aliphatic rings. The van der Waals surface area contributed by atoms with Crippen LogP contribution >= 0.6 is 0 Å². The van der Waals surface area contributed by atoms with E-state index in [-0.39, 0.29) is 22.4 Å². The molecule has 0 aliphatic heterocycles. The summed E-state index contributed by atoms with van der Waals surface area (Å²) in [5, 5.41) is 10.7. The molecule has 0 atom stereocenters. The maximum atomic E-state index is 13.5. The first-order valence-corrected chi connectivity index (χ1v) is 8.09. The lowest BCUT2D eigenvalue weighted by Gasteiger charge is -2.28. The zero-order valence-corrected chi connectivity index (χ0v) is 15.2. The molecule has 1 N–H and O–H groups in total. The summed E-state index contributed by atoms with van der Waals surface area (Å²) in [5.41, 5.74) is 2.20. The standard InChI is InChI=1S/C21H25FO2/c1-20(2,3)16-10-13(11-17(19(16)24)21(4,5)6)9-14-12-15(22)7-8-18(14)23/h7-12,24H,1-6H3. The van der Waals surface area contributed by atoms with E-state index in [9.17, 15) is 14.3 Å². The Balaban J connectivity index is 2.68. The van der Waals surface area contributed by atoms with E-state index in [1.54, 1.807) is 6.08 Å². The molecule has 1 aromatic rings. The Morgan fingerprint density at radius 1 is 0.958 bits per heavy atom. The van der Waals surface area contributed by atoms with Crippen LogP contribution in [0.2, 0.25) is 0 Å². The molecule has 1 aliphatic carbocycles. The van der Waals surface area contributed by atoms with Gasteiger partial charge < -0.3 is 5.11 Å². The number of carbonyl (C=O) groups excluding carboxylic acids is 1. The monoisotopic (exact) mass is 328 g/mol. The van der Waals surface area contributed by atoms with Crippen LogP contribution in [0.1, 0.15) is 58.2 Å². The molecule has 0 aromatic heterocycles. The molecule has 0 saturated carbocycles. The molecule has 0 bridgehead atoms. The smallest absolute Gasteiger partial charge is 0.186 e. The van der Waals surface area contributed by atoms with Gasteiger partial charge in [-0.25, -0.2) is 4.39 Å². The van der Waals surface area contributed by atoms with E-state index in [4.69, 9.17) is 0 Å². The van der Waals surface area contributed by atoms with E-state index in [1.165, 1.54) is 12.2 Å². The normalized spacial score (nSPS) is 17.4. The Kier molecular flexibility index (Phi) is 4.58. The van der Waals surface area contributed by atoms with E-state index >= 15 is 0 Å². The quantitative estimate of drug-likeness (QED) is 0.704. The Morgan fingerprint density at radius 3 is 1.92 bits per heavy atom. The van der Waals surface area contributed by atoms with Crippen molar-refractivity contribution in [2.45, 2.75) is 52.4 Å². The number of hydrogen-bond donors (Lipinski definition) is 1. The van der Waals surface area contributed by atoms with Crippen molar-refractivity contribution in [3.05, 3.63) is 58.5 Å². The van der Waals surface area contributed by atoms with Gasteiger partial charge in [0, 0.05) is 16.7 Å². The second kappa shape index (κ2) is 6.04. The molecule has 24 heavy (non-hydrogen) atoms. The maximum absolute atomic E-state index is 13.5. The molecule has 0 fully saturated rings. The minimum atomic E-state index is -0.438. The first kappa shape index (κ1) is 18.2. The minimum Gasteiger partial charge on any atom is -0.507 e. The zero-order chi connectivity index (χ0) is 18.3. The van der Waals surface area contributed by atoms with Crippen molar-refractivity contribution in [3.63, 3.8) is 0 Å². The van der Waals surface area contributed by atoms with E-state index in [0.717, 1.165) is 22.8 Å². The number of rotatable bonds is 1. The molecule has 0 saturated heterocycles. The summed E-state index contributed by atoms with van der Waals surface area (Å²) in [7, 11) is 0. The maximum Gasteiger partial charge on any atom is 0.186 e. The average molecular weight is 328 g/mol. The summed E-state index contributed by atoms with van der Waals surface area (Å²) in [6.07, 6.45) is 5.31. The minimum absolute atomic E-state index is 0.223. The molecule has 1 aromatic carbocycles. The van der Waals surface area contributed by atoms with Gasteiger partial charge in [-0.05, 0) is 52.8 Å². The van der Waals surface area contributed by atoms with Gasteiger partial charge in [0.15, 0.2) is 5.78 Å². The van der Waals surface area contributed by atoms with Gasteiger partial charge in [0.1, 0.15) is 11.6 Å². The second-order valence-corrected chi connectivity index (χ2v) is 8.29. The third-order valence-corrected chi connectivity index (χ3v) is 4.04. The highest BCUT2D eigenvalue weighted by molar-refractivity contribution is 6.10. The van der Waals surface area contributed by atoms with Crippen molar-refractivity contribution in [2.24, 2.45) is 0 Å². The third kappa shape index (κ3) is 3.84. The third-order valence-electron chi connectivity index (χ3n) is 4.04. The van der Waals surface area contributed by atoms with Gasteiger partial charge in [-0.3, -0.25) is 4.79 Å². The Morgan fingerprint density at radius 2 is 1.46 bits per heavy atom. The number of carbonyl (C=O) groups is 1. The number of benzene rings is 1. The van der Waals surface area contributed by atoms with Crippen LogP contribution in [0.5, 0.6) is 5.75 Å². The van der Waals surface area contributed by atoms with Crippen LogP contribution in [-0.2, 0) is 15.6 Å². The van der Waals surface area contributed by atoms with Gasteiger partial charge in [0.05, 0.1) is 0 Å². The predicted octanol–water partition coefficient (Wildman–Crippen LogP) is 5.36. The lowest BCUT2D eigenvalue weighted by atomic mass is 9.78. The fourth-order valence-corrected chi connectivity index (χ4v) is 2.70. The number of halogens is 1. The highest BCUT2D eigenvalue weighted by Gasteiger charge is 2.26. The Hall–Kier alpha value is -2.16. The van der Waals surface area contributed by atoms with Gasteiger partial charge in [0.25, 0.3) is 0 Å². The topological polar surface area (TPSA) is 37.3 Å².